The number of hydrogen-bond donors (Lipinski definition) is 2. The smallest absolute Gasteiger partial charge is 0.254 e. The van der Waals surface area contributed by atoms with Crippen LogP contribution in [0.25, 0.3) is 5.69 Å². The van der Waals surface area contributed by atoms with Crippen LogP contribution in [-0.4, -0.2) is 28.3 Å². The normalized spacial score (nSPS) is 11.6. The zero-order valence-electron chi connectivity index (χ0n) is 11.6. The lowest BCUT2D eigenvalue weighted by molar-refractivity contribution is 0.0953. The minimum absolute atomic E-state index is 0. The molecule has 1 aromatic heterocycles. The van der Waals surface area contributed by atoms with Gasteiger partial charge in [0.15, 0.2) is 0 Å². The number of hydrogen-bond acceptors (Lipinski definition) is 3. The molecule has 0 saturated carbocycles. The second-order valence-corrected chi connectivity index (χ2v) is 5.11. The number of aromatic nitrogens is 2. The molecule has 0 bridgehead atoms. The summed E-state index contributed by atoms with van der Waals surface area (Å²) >= 11 is 5.83. The highest BCUT2D eigenvalue weighted by molar-refractivity contribution is 6.30. The second-order valence-electron chi connectivity index (χ2n) is 4.67. The van der Waals surface area contributed by atoms with Gasteiger partial charge in [-0.1, -0.05) is 11.6 Å². The second kappa shape index (κ2) is 8.02. The van der Waals surface area contributed by atoms with E-state index in [1.807, 2.05) is 19.1 Å². The van der Waals surface area contributed by atoms with Crippen molar-refractivity contribution < 1.29 is 4.79 Å². The van der Waals surface area contributed by atoms with Crippen molar-refractivity contribution in [2.75, 3.05) is 6.54 Å². The molecule has 1 heterocycles. The lowest BCUT2D eigenvalue weighted by Gasteiger charge is -2.05. The van der Waals surface area contributed by atoms with E-state index in [1.54, 1.807) is 23.0 Å². The third kappa shape index (κ3) is 5.04. The molecule has 2 rings (SSSR count). The number of carbonyl (C=O) groups excluding carboxylic acids is 1. The Kier molecular flexibility index (Phi) is 6.68. The maximum Gasteiger partial charge on any atom is 0.254 e. The maximum atomic E-state index is 11.9. The lowest BCUT2D eigenvalue weighted by atomic mass is 10.2. The molecule has 1 aromatic carbocycles. The van der Waals surface area contributed by atoms with Crippen LogP contribution in [0.4, 0.5) is 0 Å². The number of carbonyl (C=O) groups is 1. The van der Waals surface area contributed by atoms with Crippen LogP contribution >= 0.6 is 24.0 Å². The van der Waals surface area contributed by atoms with Gasteiger partial charge in [0, 0.05) is 23.8 Å². The van der Waals surface area contributed by atoms with E-state index in [-0.39, 0.29) is 24.4 Å². The Morgan fingerprint density at radius 1 is 1.43 bits per heavy atom. The van der Waals surface area contributed by atoms with Crippen LogP contribution in [0.5, 0.6) is 0 Å². The molecule has 2 aromatic rings. The topological polar surface area (TPSA) is 72.9 Å². The van der Waals surface area contributed by atoms with Crippen molar-refractivity contribution in [2.24, 2.45) is 5.73 Å². The van der Waals surface area contributed by atoms with Gasteiger partial charge in [-0.2, -0.15) is 5.10 Å². The summed E-state index contributed by atoms with van der Waals surface area (Å²) in [6.45, 7) is 2.47. The Bertz CT molecular complexity index is 581. The van der Waals surface area contributed by atoms with Gasteiger partial charge in [0.2, 0.25) is 0 Å². The fourth-order valence-corrected chi connectivity index (χ4v) is 1.82. The van der Waals surface area contributed by atoms with Gasteiger partial charge in [-0.05, 0) is 37.6 Å². The summed E-state index contributed by atoms with van der Waals surface area (Å²) in [5.74, 6) is -0.147. The molecule has 5 nitrogen and oxygen atoms in total. The van der Waals surface area contributed by atoms with Gasteiger partial charge in [0.05, 0.1) is 17.4 Å². The highest BCUT2D eigenvalue weighted by atomic mass is 35.5. The summed E-state index contributed by atoms with van der Waals surface area (Å²) < 4.78 is 1.64. The molecule has 3 N–H and O–H groups in total. The van der Waals surface area contributed by atoms with Crippen LogP contribution in [0.1, 0.15) is 23.7 Å². The van der Waals surface area contributed by atoms with E-state index in [0.717, 1.165) is 12.1 Å². The molecule has 114 valence electrons. The van der Waals surface area contributed by atoms with Crippen LogP contribution in [0.2, 0.25) is 5.02 Å². The third-order valence-corrected chi connectivity index (χ3v) is 3.07. The molecule has 0 saturated heterocycles. The monoisotopic (exact) mass is 328 g/mol. The van der Waals surface area contributed by atoms with Crippen molar-refractivity contribution >= 4 is 29.9 Å². The largest absolute Gasteiger partial charge is 0.352 e. The molecule has 0 spiro atoms. The number of nitrogens with two attached hydrogens (primary N) is 1. The minimum Gasteiger partial charge on any atom is -0.352 e. The van der Waals surface area contributed by atoms with Crippen molar-refractivity contribution in [3.05, 3.63) is 47.2 Å². The van der Waals surface area contributed by atoms with Gasteiger partial charge in [0.25, 0.3) is 5.91 Å². The standard InChI is InChI=1S/C14H17ClN4O.ClH/c1-10(16)6-7-17-14(20)11-8-18-19(9-11)13-4-2-12(15)3-5-13;/h2-5,8-10H,6-7,16H2,1H3,(H,17,20);1H. The van der Waals surface area contributed by atoms with Gasteiger partial charge >= 0.3 is 0 Å². The Balaban J connectivity index is 0.00000220. The molecule has 0 aliphatic carbocycles. The molecule has 0 aliphatic rings. The average Bonchev–Trinajstić information content (AvgIpc) is 2.88. The summed E-state index contributed by atoms with van der Waals surface area (Å²) in [6, 6.07) is 7.31. The van der Waals surface area contributed by atoms with Crippen LogP contribution in [0.3, 0.4) is 0 Å². The summed E-state index contributed by atoms with van der Waals surface area (Å²) in [6.07, 6.45) is 3.97. The quantitative estimate of drug-likeness (QED) is 0.885. The van der Waals surface area contributed by atoms with E-state index < -0.39 is 0 Å². The lowest BCUT2D eigenvalue weighted by Crippen LogP contribution is -2.28. The summed E-state index contributed by atoms with van der Waals surface area (Å²) in [4.78, 5) is 11.9. The zero-order chi connectivity index (χ0) is 14.5. The number of nitrogens with one attached hydrogen (secondary N) is 1. The van der Waals surface area contributed by atoms with Crippen LogP contribution in [0.15, 0.2) is 36.7 Å². The fraction of sp³-hybridized carbons (Fsp3) is 0.286. The highest BCUT2D eigenvalue weighted by Gasteiger charge is 2.09. The first-order valence-corrected chi connectivity index (χ1v) is 6.78. The fourth-order valence-electron chi connectivity index (χ4n) is 1.69. The van der Waals surface area contributed by atoms with Gasteiger partial charge in [-0.15, -0.1) is 12.4 Å². The van der Waals surface area contributed by atoms with Crippen LogP contribution in [-0.2, 0) is 0 Å². The van der Waals surface area contributed by atoms with E-state index in [1.165, 1.54) is 6.20 Å². The first kappa shape index (κ1) is 17.5. The molecule has 0 radical (unpaired) electrons. The number of benzene rings is 1. The van der Waals surface area contributed by atoms with E-state index in [4.69, 9.17) is 17.3 Å². The Hall–Kier alpha value is -1.56. The predicted octanol–water partition coefficient (Wildman–Crippen LogP) is 2.41. The molecular formula is C14H18Cl2N4O. The summed E-state index contributed by atoms with van der Waals surface area (Å²) in [5.41, 5.74) is 7.00. The Morgan fingerprint density at radius 3 is 2.71 bits per heavy atom. The molecule has 7 heteroatoms. The van der Waals surface area contributed by atoms with E-state index in [0.29, 0.717) is 17.1 Å². The molecule has 0 fully saturated rings. The number of rotatable bonds is 5. The number of amides is 1. The first-order chi connectivity index (χ1) is 9.56. The van der Waals surface area contributed by atoms with Crippen molar-refractivity contribution in [1.29, 1.82) is 0 Å². The maximum absolute atomic E-state index is 11.9. The molecular weight excluding hydrogens is 311 g/mol. The van der Waals surface area contributed by atoms with E-state index >= 15 is 0 Å². The van der Waals surface area contributed by atoms with Crippen molar-refractivity contribution in [3.8, 4) is 5.69 Å². The minimum atomic E-state index is -0.147. The van der Waals surface area contributed by atoms with Gasteiger partial charge < -0.3 is 11.1 Å². The first-order valence-electron chi connectivity index (χ1n) is 6.40. The predicted molar refractivity (Wildman–Crippen MR) is 86.4 cm³/mol. The van der Waals surface area contributed by atoms with E-state index in [2.05, 4.69) is 10.4 Å². The highest BCUT2D eigenvalue weighted by Crippen LogP contribution is 2.13. The van der Waals surface area contributed by atoms with Crippen LogP contribution < -0.4 is 11.1 Å². The Labute approximate surface area is 134 Å². The molecule has 1 unspecified atom stereocenters. The zero-order valence-corrected chi connectivity index (χ0v) is 13.2. The van der Waals surface area contributed by atoms with E-state index in [9.17, 15) is 4.79 Å². The average molecular weight is 329 g/mol. The number of halogens is 2. The van der Waals surface area contributed by atoms with Gasteiger partial charge in [-0.25, -0.2) is 4.68 Å². The molecule has 1 amide bonds. The van der Waals surface area contributed by atoms with Crippen molar-refractivity contribution in [1.82, 2.24) is 15.1 Å². The SMILES string of the molecule is CC(N)CCNC(=O)c1cnn(-c2ccc(Cl)cc2)c1.Cl. The summed E-state index contributed by atoms with van der Waals surface area (Å²) in [7, 11) is 0. The van der Waals surface area contributed by atoms with Crippen LogP contribution in [0, 0.1) is 0 Å². The van der Waals surface area contributed by atoms with Crippen molar-refractivity contribution in [2.45, 2.75) is 19.4 Å². The van der Waals surface area contributed by atoms with Crippen molar-refractivity contribution in [3.63, 3.8) is 0 Å². The molecule has 0 aliphatic heterocycles. The third-order valence-electron chi connectivity index (χ3n) is 2.82. The Morgan fingerprint density at radius 2 is 2.10 bits per heavy atom. The molecule has 1 atom stereocenters. The molecule has 21 heavy (non-hydrogen) atoms. The summed E-state index contributed by atoms with van der Waals surface area (Å²) in [5, 5.41) is 7.64. The number of nitrogens with zero attached hydrogens (tertiary/aromatic N) is 2. The van der Waals surface area contributed by atoms with Gasteiger partial charge in [-0.3, -0.25) is 4.79 Å². The van der Waals surface area contributed by atoms with Gasteiger partial charge in [0.1, 0.15) is 0 Å².